The van der Waals surface area contributed by atoms with E-state index in [2.05, 4.69) is 5.32 Å². The molecule has 3 rings (SSSR count). The average molecular weight is 443 g/mol. The Kier molecular flexibility index (Phi) is 5.56. The van der Waals surface area contributed by atoms with Crippen LogP contribution in [0, 0.1) is 16.0 Å². The molecule has 3 atom stereocenters. The summed E-state index contributed by atoms with van der Waals surface area (Å²) in [6.45, 7) is 0.734. The van der Waals surface area contributed by atoms with Crippen LogP contribution in [0.5, 0.6) is 0 Å². The van der Waals surface area contributed by atoms with Crippen molar-refractivity contribution < 1.29 is 32.8 Å². The van der Waals surface area contributed by atoms with Gasteiger partial charge in [-0.3, -0.25) is 19.8 Å². The second kappa shape index (κ2) is 7.69. The summed E-state index contributed by atoms with van der Waals surface area (Å²) < 4.78 is 42.4. The number of nitrogens with one attached hydrogen (secondary N) is 1. The van der Waals surface area contributed by atoms with E-state index in [1.54, 1.807) is 0 Å². The summed E-state index contributed by atoms with van der Waals surface area (Å²) in [5.41, 5.74) is -4.08. The summed E-state index contributed by atoms with van der Waals surface area (Å²) >= 11 is 0.901. The van der Waals surface area contributed by atoms with E-state index in [0.717, 1.165) is 35.6 Å². The highest BCUT2D eigenvalue weighted by Crippen LogP contribution is 2.48. The predicted molar refractivity (Wildman–Crippen MR) is 99.9 cm³/mol. The number of nitrogens with zero attached hydrogens (tertiary/aromatic N) is 2. The lowest BCUT2D eigenvalue weighted by molar-refractivity contribution is -0.384. The van der Waals surface area contributed by atoms with Crippen molar-refractivity contribution in [2.45, 2.75) is 24.9 Å². The second-order valence-electron chi connectivity index (χ2n) is 6.56. The molecule has 8 nitrogen and oxygen atoms in total. The van der Waals surface area contributed by atoms with Crippen molar-refractivity contribution in [2.75, 3.05) is 6.54 Å². The molecule has 1 saturated heterocycles. The first-order valence-electron chi connectivity index (χ1n) is 8.71. The van der Waals surface area contributed by atoms with Gasteiger partial charge in [-0.05, 0) is 23.9 Å². The van der Waals surface area contributed by atoms with Crippen LogP contribution in [0.2, 0.25) is 0 Å². The van der Waals surface area contributed by atoms with E-state index in [4.69, 9.17) is 0 Å². The molecule has 1 aromatic carbocycles. The highest BCUT2D eigenvalue weighted by molar-refractivity contribution is 7.12. The number of aliphatic hydroxyl groups is 1. The Morgan fingerprint density at radius 3 is 2.43 bits per heavy atom. The van der Waals surface area contributed by atoms with Gasteiger partial charge < -0.3 is 10.4 Å². The molecule has 2 aromatic rings. The Balaban J connectivity index is 2.20. The number of benzene rings is 1. The third kappa shape index (κ3) is 3.41. The van der Waals surface area contributed by atoms with Crippen molar-refractivity contribution in [2.24, 2.45) is 5.92 Å². The smallest absolute Gasteiger partial charge is 0.363 e. The largest absolute Gasteiger partial charge is 0.437 e. The van der Waals surface area contributed by atoms with Gasteiger partial charge in [0, 0.05) is 18.7 Å². The van der Waals surface area contributed by atoms with Crippen LogP contribution in [-0.2, 0) is 0 Å². The molecule has 160 valence electrons. The van der Waals surface area contributed by atoms with Gasteiger partial charge in [0.05, 0.1) is 15.8 Å². The minimum atomic E-state index is -5.35. The topological polar surface area (TPSA) is 113 Å². The molecular weight excluding hydrogens is 427 g/mol. The molecule has 2 N–H and O–H groups in total. The van der Waals surface area contributed by atoms with Gasteiger partial charge in [-0.1, -0.05) is 18.2 Å². The third-order valence-corrected chi connectivity index (χ3v) is 5.83. The van der Waals surface area contributed by atoms with Crippen molar-refractivity contribution in [1.82, 2.24) is 10.2 Å². The predicted octanol–water partition coefficient (Wildman–Crippen LogP) is 3.49. The highest BCUT2D eigenvalue weighted by Gasteiger charge is 2.69. The number of rotatable bonds is 5. The third-order valence-electron chi connectivity index (χ3n) is 4.95. The molecule has 0 radical (unpaired) electrons. The zero-order chi connectivity index (χ0) is 22.3. The number of amides is 2. The van der Waals surface area contributed by atoms with Crippen molar-refractivity contribution in [3.8, 4) is 0 Å². The SMILES string of the molecule is CCN1C(=O)N[C@H](c2ccc([N+](=O)[O-])cc2)[C@@H](C(=O)c2cccs2)[C@@]1(O)C(F)(F)F. The fraction of sp³-hybridized carbons (Fsp3) is 0.333. The van der Waals surface area contributed by atoms with Gasteiger partial charge in [-0.2, -0.15) is 13.2 Å². The van der Waals surface area contributed by atoms with Gasteiger partial charge in [0.1, 0.15) is 5.92 Å². The zero-order valence-corrected chi connectivity index (χ0v) is 16.2. The molecule has 0 aliphatic carbocycles. The number of Topliss-reactive ketones (excluding diaryl/α,β-unsaturated/α-hetero) is 1. The standard InChI is InChI=1S/C18H16F3N3O5S/c1-2-23-16(26)22-14(10-5-7-11(8-6-10)24(28)29)13(17(23,27)18(19,20)21)15(25)12-4-3-9-30-12/h3-9,13-14,27H,2H2,1H3,(H,22,26)/t13-,14+,17+/m0/s1. The van der Waals surface area contributed by atoms with E-state index >= 15 is 0 Å². The molecule has 0 spiro atoms. The number of urea groups is 1. The van der Waals surface area contributed by atoms with Crippen LogP contribution in [0.15, 0.2) is 41.8 Å². The molecule has 1 fully saturated rings. The maximum absolute atomic E-state index is 14.1. The number of halogens is 3. The first kappa shape index (κ1) is 21.7. The Labute approximate surface area is 172 Å². The van der Waals surface area contributed by atoms with Crippen molar-refractivity contribution in [3.05, 3.63) is 62.3 Å². The molecule has 1 aliphatic heterocycles. The normalized spacial score (nSPS) is 24.4. The summed E-state index contributed by atoms with van der Waals surface area (Å²) in [6.07, 6.45) is -5.35. The van der Waals surface area contributed by atoms with Crippen LogP contribution < -0.4 is 5.32 Å². The Bertz CT molecular complexity index is 964. The number of nitro groups is 1. The molecule has 0 unspecified atom stereocenters. The van der Waals surface area contributed by atoms with E-state index in [-0.39, 0.29) is 21.0 Å². The zero-order valence-electron chi connectivity index (χ0n) is 15.4. The average Bonchev–Trinajstić information content (AvgIpc) is 3.21. The summed E-state index contributed by atoms with van der Waals surface area (Å²) in [7, 11) is 0. The molecule has 30 heavy (non-hydrogen) atoms. The molecule has 0 bridgehead atoms. The number of thiophene rings is 1. The number of carbonyl (C=O) groups is 2. The molecule has 2 amide bonds. The van der Waals surface area contributed by atoms with Crippen LogP contribution in [-0.4, -0.2) is 45.2 Å². The molecule has 2 heterocycles. The summed E-state index contributed by atoms with van der Waals surface area (Å²) in [6, 6.07) is 4.42. The molecule has 12 heteroatoms. The van der Waals surface area contributed by atoms with Gasteiger partial charge in [0.15, 0.2) is 5.78 Å². The van der Waals surface area contributed by atoms with Gasteiger partial charge in [0.2, 0.25) is 0 Å². The van der Waals surface area contributed by atoms with E-state index in [1.807, 2.05) is 0 Å². The van der Waals surface area contributed by atoms with E-state index in [1.165, 1.54) is 24.4 Å². The first-order valence-corrected chi connectivity index (χ1v) is 9.59. The number of non-ortho nitro benzene ring substituents is 1. The molecule has 1 aliphatic rings. The number of hydrogen-bond donors (Lipinski definition) is 2. The van der Waals surface area contributed by atoms with Crippen LogP contribution in [0.3, 0.4) is 0 Å². The lowest BCUT2D eigenvalue weighted by atomic mass is 9.77. The quantitative estimate of drug-likeness (QED) is 0.417. The summed E-state index contributed by atoms with van der Waals surface area (Å²) in [5, 5.41) is 25.6. The van der Waals surface area contributed by atoms with Crippen molar-refractivity contribution in [1.29, 1.82) is 0 Å². The molecular formula is C18H16F3N3O5S. The van der Waals surface area contributed by atoms with Gasteiger partial charge in [-0.15, -0.1) is 11.3 Å². The Morgan fingerprint density at radius 2 is 1.97 bits per heavy atom. The first-order chi connectivity index (χ1) is 14.0. The van der Waals surface area contributed by atoms with Crippen LogP contribution in [0.4, 0.5) is 23.7 Å². The number of nitro benzene ring substituents is 1. The maximum Gasteiger partial charge on any atom is 0.437 e. The maximum atomic E-state index is 14.1. The fourth-order valence-corrected chi connectivity index (χ4v) is 4.25. The minimum absolute atomic E-state index is 0.0160. The van der Waals surface area contributed by atoms with Crippen molar-refractivity contribution in [3.63, 3.8) is 0 Å². The van der Waals surface area contributed by atoms with Crippen LogP contribution in [0.25, 0.3) is 0 Å². The van der Waals surface area contributed by atoms with E-state index in [9.17, 15) is 38.0 Å². The van der Waals surface area contributed by atoms with Gasteiger partial charge in [-0.25, -0.2) is 4.79 Å². The second-order valence-corrected chi connectivity index (χ2v) is 7.51. The van der Waals surface area contributed by atoms with E-state index < -0.39 is 47.1 Å². The highest BCUT2D eigenvalue weighted by atomic mass is 32.1. The van der Waals surface area contributed by atoms with Crippen molar-refractivity contribution >= 4 is 28.8 Å². The summed E-state index contributed by atoms with van der Waals surface area (Å²) in [5.74, 6) is -3.15. The Morgan fingerprint density at radius 1 is 1.33 bits per heavy atom. The number of carbonyl (C=O) groups excluding carboxylic acids is 2. The van der Waals surface area contributed by atoms with Crippen LogP contribution >= 0.6 is 11.3 Å². The fourth-order valence-electron chi connectivity index (χ4n) is 3.55. The van der Waals surface area contributed by atoms with Crippen LogP contribution in [0.1, 0.15) is 28.2 Å². The summed E-state index contributed by atoms with van der Waals surface area (Å²) in [4.78, 5) is 35.9. The van der Waals surface area contributed by atoms with Gasteiger partial charge in [0.25, 0.3) is 11.4 Å². The van der Waals surface area contributed by atoms with Gasteiger partial charge >= 0.3 is 12.2 Å². The lowest BCUT2D eigenvalue weighted by Crippen LogP contribution is -2.73. The molecule has 0 saturated carbocycles. The lowest BCUT2D eigenvalue weighted by Gasteiger charge is -2.50. The minimum Gasteiger partial charge on any atom is -0.363 e. The number of ketones is 1. The number of hydrogen-bond acceptors (Lipinski definition) is 6. The Hall–Kier alpha value is -2.99. The van der Waals surface area contributed by atoms with E-state index in [0.29, 0.717) is 0 Å². The monoisotopic (exact) mass is 443 g/mol. The molecule has 1 aromatic heterocycles. The number of alkyl halides is 3.